The van der Waals surface area contributed by atoms with E-state index >= 15 is 0 Å². The van der Waals surface area contributed by atoms with Crippen molar-refractivity contribution >= 4 is 11.8 Å². The summed E-state index contributed by atoms with van der Waals surface area (Å²) in [7, 11) is 0. The predicted molar refractivity (Wildman–Crippen MR) is 77.2 cm³/mol. The summed E-state index contributed by atoms with van der Waals surface area (Å²) in [5.74, 6) is 0.424. The molecule has 0 atom stereocenters. The highest BCUT2D eigenvalue weighted by atomic mass is 16.5. The molecule has 1 aromatic rings. The van der Waals surface area contributed by atoms with Crippen molar-refractivity contribution < 1.29 is 14.3 Å². The van der Waals surface area contributed by atoms with Crippen molar-refractivity contribution in [1.82, 2.24) is 10.9 Å². The molecule has 5 nitrogen and oxygen atoms in total. The van der Waals surface area contributed by atoms with E-state index in [0.29, 0.717) is 18.1 Å². The molecule has 2 N–H and O–H groups in total. The minimum absolute atomic E-state index is 0.129. The molecule has 0 aliphatic heterocycles. The molecule has 20 heavy (non-hydrogen) atoms. The summed E-state index contributed by atoms with van der Waals surface area (Å²) in [6, 6.07) is 7.61. The number of ether oxygens (including phenoxy) is 1. The molecular formula is C15H22N2O3. The van der Waals surface area contributed by atoms with Crippen molar-refractivity contribution in [2.24, 2.45) is 0 Å². The second-order valence-electron chi connectivity index (χ2n) is 4.83. The summed E-state index contributed by atoms with van der Waals surface area (Å²) in [5.41, 5.74) is 5.71. The number of carbonyl (C=O) groups excluding carboxylic acids is 2. The zero-order valence-electron chi connectivity index (χ0n) is 12.2. The third-order valence-corrected chi connectivity index (χ3v) is 2.72. The maximum atomic E-state index is 11.6. The van der Waals surface area contributed by atoms with E-state index in [-0.39, 0.29) is 18.4 Å². The van der Waals surface area contributed by atoms with E-state index in [0.717, 1.165) is 12.0 Å². The molecule has 0 saturated carbocycles. The zero-order valence-corrected chi connectivity index (χ0v) is 12.2. The van der Waals surface area contributed by atoms with Gasteiger partial charge < -0.3 is 4.74 Å². The molecule has 2 amide bonds. The molecule has 0 heterocycles. The minimum atomic E-state index is -0.381. The van der Waals surface area contributed by atoms with Crippen molar-refractivity contribution in [2.45, 2.75) is 39.5 Å². The topological polar surface area (TPSA) is 67.4 Å². The van der Waals surface area contributed by atoms with Crippen LogP contribution in [0.25, 0.3) is 0 Å². The lowest BCUT2D eigenvalue weighted by Crippen LogP contribution is -2.43. The quantitative estimate of drug-likeness (QED) is 0.783. The number of rotatable bonds is 6. The number of carbonyl (C=O) groups is 2. The second kappa shape index (κ2) is 8.19. The Morgan fingerprint density at radius 1 is 1.15 bits per heavy atom. The number of para-hydroxylation sites is 1. The van der Waals surface area contributed by atoms with Crippen molar-refractivity contribution in [3.63, 3.8) is 0 Å². The Balaban J connectivity index is 2.43. The number of hydrazine groups is 1. The van der Waals surface area contributed by atoms with Crippen LogP contribution in [0.15, 0.2) is 24.3 Å². The number of hydrogen-bond acceptors (Lipinski definition) is 3. The predicted octanol–water partition coefficient (Wildman–Crippen LogP) is 2.14. The van der Waals surface area contributed by atoms with Gasteiger partial charge in [0.1, 0.15) is 5.75 Å². The van der Waals surface area contributed by atoms with E-state index in [4.69, 9.17) is 4.74 Å². The zero-order chi connectivity index (χ0) is 15.0. The smallest absolute Gasteiger partial charge is 0.276 e. The van der Waals surface area contributed by atoms with Gasteiger partial charge >= 0.3 is 0 Å². The molecule has 1 aromatic carbocycles. The fourth-order valence-electron chi connectivity index (χ4n) is 1.70. The lowest BCUT2D eigenvalue weighted by Gasteiger charge is -2.13. The molecule has 0 aromatic heterocycles. The molecule has 0 spiro atoms. The maximum Gasteiger partial charge on any atom is 0.276 e. The standard InChI is InChI=1S/C15H22N2O3/c1-4-7-14(18)16-17-15(19)10-20-13-9-6-5-8-12(13)11(2)3/h5-6,8-9,11H,4,7,10H2,1-3H3,(H,16,18)(H,17,19). The largest absolute Gasteiger partial charge is 0.483 e. The van der Waals surface area contributed by atoms with Gasteiger partial charge in [-0.15, -0.1) is 0 Å². The monoisotopic (exact) mass is 278 g/mol. The van der Waals surface area contributed by atoms with Crippen molar-refractivity contribution in [3.8, 4) is 5.75 Å². The molecular weight excluding hydrogens is 256 g/mol. The highest BCUT2D eigenvalue weighted by molar-refractivity contribution is 5.82. The van der Waals surface area contributed by atoms with Crippen LogP contribution in [-0.2, 0) is 9.59 Å². The van der Waals surface area contributed by atoms with E-state index in [1.54, 1.807) is 0 Å². The molecule has 0 radical (unpaired) electrons. The summed E-state index contributed by atoms with van der Waals surface area (Å²) < 4.78 is 5.49. The van der Waals surface area contributed by atoms with Crippen LogP contribution in [0.1, 0.15) is 45.1 Å². The number of nitrogens with one attached hydrogen (secondary N) is 2. The van der Waals surface area contributed by atoms with Gasteiger partial charge in [-0.25, -0.2) is 0 Å². The fourth-order valence-corrected chi connectivity index (χ4v) is 1.70. The maximum absolute atomic E-state index is 11.6. The lowest BCUT2D eigenvalue weighted by atomic mass is 10.0. The molecule has 110 valence electrons. The first kappa shape index (κ1) is 16.0. The van der Waals surface area contributed by atoms with Crippen LogP contribution in [0.2, 0.25) is 0 Å². The van der Waals surface area contributed by atoms with Crippen molar-refractivity contribution in [3.05, 3.63) is 29.8 Å². The summed E-state index contributed by atoms with van der Waals surface area (Å²) in [6.07, 6.45) is 1.12. The van der Waals surface area contributed by atoms with E-state index in [1.807, 2.05) is 31.2 Å². The van der Waals surface area contributed by atoms with Crippen LogP contribution >= 0.6 is 0 Å². The molecule has 0 bridgehead atoms. The van der Waals surface area contributed by atoms with Gasteiger partial charge in [0.25, 0.3) is 5.91 Å². The van der Waals surface area contributed by atoms with Gasteiger partial charge in [-0.05, 0) is 24.0 Å². The lowest BCUT2D eigenvalue weighted by molar-refractivity contribution is -0.130. The SMILES string of the molecule is CCCC(=O)NNC(=O)COc1ccccc1C(C)C. The number of benzene rings is 1. The van der Waals surface area contributed by atoms with Gasteiger partial charge in [0.2, 0.25) is 5.91 Å². The van der Waals surface area contributed by atoms with Crippen LogP contribution in [0, 0.1) is 0 Å². The van der Waals surface area contributed by atoms with Crippen molar-refractivity contribution in [2.75, 3.05) is 6.61 Å². The Morgan fingerprint density at radius 3 is 2.45 bits per heavy atom. The Kier molecular flexibility index (Phi) is 6.56. The van der Waals surface area contributed by atoms with E-state index in [9.17, 15) is 9.59 Å². The number of amides is 2. The molecule has 0 aliphatic rings. The first-order chi connectivity index (χ1) is 9.54. The highest BCUT2D eigenvalue weighted by Gasteiger charge is 2.09. The van der Waals surface area contributed by atoms with Gasteiger partial charge in [0, 0.05) is 6.42 Å². The first-order valence-electron chi connectivity index (χ1n) is 6.84. The third kappa shape index (κ3) is 5.30. The Hall–Kier alpha value is -2.04. The summed E-state index contributed by atoms with van der Waals surface area (Å²) >= 11 is 0. The van der Waals surface area contributed by atoms with Crippen molar-refractivity contribution in [1.29, 1.82) is 0 Å². The van der Waals surface area contributed by atoms with Gasteiger partial charge in [0.05, 0.1) is 0 Å². The van der Waals surface area contributed by atoms with E-state index in [2.05, 4.69) is 24.7 Å². The van der Waals surface area contributed by atoms with Crippen LogP contribution in [-0.4, -0.2) is 18.4 Å². The molecule has 1 rings (SSSR count). The molecule has 0 fully saturated rings. The third-order valence-electron chi connectivity index (χ3n) is 2.72. The van der Waals surface area contributed by atoms with Crippen LogP contribution in [0.5, 0.6) is 5.75 Å². The van der Waals surface area contributed by atoms with Crippen LogP contribution < -0.4 is 15.6 Å². The van der Waals surface area contributed by atoms with Crippen LogP contribution in [0.4, 0.5) is 0 Å². The normalized spacial score (nSPS) is 10.2. The van der Waals surface area contributed by atoms with Gasteiger partial charge in [-0.2, -0.15) is 0 Å². The Bertz CT molecular complexity index is 458. The second-order valence-corrected chi connectivity index (χ2v) is 4.83. The Morgan fingerprint density at radius 2 is 1.80 bits per heavy atom. The van der Waals surface area contributed by atoms with Crippen LogP contribution in [0.3, 0.4) is 0 Å². The molecule has 0 unspecified atom stereocenters. The average molecular weight is 278 g/mol. The van der Waals surface area contributed by atoms with Gasteiger partial charge in [-0.1, -0.05) is 39.0 Å². The summed E-state index contributed by atoms with van der Waals surface area (Å²) in [5, 5.41) is 0. The summed E-state index contributed by atoms with van der Waals surface area (Å²) in [6.45, 7) is 5.89. The summed E-state index contributed by atoms with van der Waals surface area (Å²) in [4.78, 5) is 22.8. The molecule has 0 saturated heterocycles. The fraction of sp³-hybridized carbons (Fsp3) is 0.467. The first-order valence-corrected chi connectivity index (χ1v) is 6.84. The highest BCUT2D eigenvalue weighted by Crippen LogP contribution is 2.25. The number of hydrogen-bond donors (Lipinski definition) is 2. The van der Waals surface area contributed by atoms with E-state index < -0.39 is 0 Å². The molecule has 5 heteroatoms. The van der Waals surface area contributed by atoms with E-state index in [1.165, 1.54) is 0 Å². The average Bonchev–Trinajstić information content (AvgIpc) is 2.43. The minimum Gasteiger partial charge on any atom is -0.483 e. The molecule has 0 aliphatic carbocycles. The van der Waals surface area contributed by atoms with Gasteiger partial charge in [0.15, 0.2) is 6.61 Å². The van der Waals surface area contributed by atoms with Gasteiger partial charge in [-0.3, -0.25) is 20.4 Å². The Labute approximate surface area is 119 Å².